The molecule has 2 N–H and O–H groups in total. The molecule has 26 heavy (non-hydrogen) atoms. The summed E-state index contributed by atoms with van der Waals surface area (Å²) in [6.07, 6.45) is 1.38. The van der Waals surface area contributed by atoms with Crippen LogP contribution in [0.3, 0.4) is 0 Å². The lowest BCUT2D eigenvalue weighted by Crippen LogP contribution is -2.37. The standard InChI is InChI=1S/C20H34N4O2/c1-8-15(5)24(19(25)9-2)13-16-12-17(10-11-18(16)23(6)7)22-20(26)21-14(3)4/h10-12,14-15H,8-9,13H2,1-7H3,(H2,21,22,26)/t15-/m1/s1. The summed E-state index contributed by atoms with van der Waals surface area (Å²) in [5.41, 5.74) is 2.77. The van der Waals surface area contributed by atoms with Crippen LogP contribution in [0.25, 0.3) is 0 Å². The van der Waals surface area contributed by atoms with E-state index in [-0.39, 0.29) is 24.0 Å². The zero-order chi connectivity index (χ0) is 19.9. The minimum atomic E-state index is -0.230. The van der Waals surface area contributed by atoms with E-state index in [1.807, 2.05) is 62.9 Å². The summed E-state index contributed by atoms with van der Waals surface area (Å²) >= 11 is 0. The Balaban J connectivity index is 3.14. The van der Waals surface area contributed by atoms with Crippen molar-refractivity contribution in [3.63, 3.8) is 0 Å². The fourth-order valence-electron chi connectivity index (χ4n) is 2.75. The number of hydrogen-bond donors (Lipinski definition) is 2. The van der Waals surface area contributed by atoms with Gasteiger partial charge in [0.15, 0.2) is 0 Å². The monoisotopic (exact) mass is 362 g/mol. The lowest BCUT2D eigenvalue weighted by Gasteiger charge is -2.30. The maximum Gasteiger partial charge on any atom is 0.319 e. The molecule has 0 aliphatic rings. The highest BCUT2D eigenvalue weighted by Crippen LogP contribution is 2.26. The van der Waals surface area contributed by atoms with Crippen LogP contribution in [0.15, 0.2) is 18.2 Å². The van der Waals surface area contributed by atoms with Crippen LogP contribution in [0.2, 0.25) is 0 Å². The molecule has 1 aromatic rings. The number of rotatable bonds is 8. The lowest BCUT2D eigenvalue weighted by molar-refractivity contribution is -0.133. The third kappa shape index (κ3) is 6.24. The molecule has 0 saturated heterocycles. The van der Waals surface area contributed by atoms with Gasteiger partial charge in [0.2, 0.25) is 5.91 Å². The topological polar surface area (TPSA) is 64.7 Å². The van der Waals surface area contributed by atoms with Crippen molar-refractivity contribution >= 4 is 23.3 Å². The first-order valence-corrected chi connectivity index (χ1v) is 9.36. The predicted molar refractivity (Wildman–Crippen MR) is 109 cm³/mol. The summed E-state index contributed by atoms with van der Waals surface area (Å²) in [5, 5.41) is 5.69. The van der Waals surface area contributed by atoms with Crippen molar-refractivity contribution in [2.24, 2.45) is 0 Å². The van der Waals surface area contributed by atoms with Crippen molar-refractivity contribution < 1.29 is 9.59 Å². The van der Waals surface area contributed by atoms with E-state index < -0.39 is 0 Å². The molecule has 0 fully saturated rings. The van der Waals surface area contributed by atoms with Crippen LogP contribution < -0.4 is 15.5 Å². The fraction of sp³-hybridized carbons (Fsp3) is 0.600. The zero-order valence-corrected chi connectivity index (χ0v) is 17.2. The summed E-state index contributed by atoms with van der Waals surface area (Å²) in [5.74, 6) is 0.139. The average Bonchev–Trinajstić information content (AvgIpc) is 2.57. The molecule has 3 amide bonds. The second-order valence-corrected chi connectivity index (χ2v) is 7.12. The van der Waals surface area contributed by atoms with Gasteiger partial charge in [0, 0.05) is 50.5 Å². The Bertz CT molecular complexity index is 614. The molecule has 6 nitrogen and oxygen atoms in total. The van der Waals surface area contributed by atoms with Gasteiger partial charge in [0.1, 0.15) is 0 Å². The summed E-state index contributed by atoms with van der Waals surface area (Å²) in [4.78, 5) is 28.3. The number of carbonyl (C=O) groups excluding carboxylic acids is 2. The molecule has 0 aliphatic carbocycles. The fourth-order valence-corrected chi connectivity index (χ4v) is 2.75. The highest BCUT2D eigenvalue weighted by atomic mass is 16.2. The molecule has 0 aliphatic heterocycles. The molecule has 0 spiro atoms. The quantitative estimate of drug-likeness (QED) is 0.739. The maximum atomic E-state index is 12.4. The van der Waals surface area contributed by atoms with Crippen LogP contribution in [0, 0.1) is 0 Å². The molecule has 0 aromatic heterocycles. The smallest absolute Gasteiger partial charge is 0.319 e. The van der Waals surface area contributed by atoms with Gasteiger partial charge in [-0.1, -0.05) is 13.8 Å². The maximum absolute atomic E-state index is 12.4. The number of urea groups is 1. The van der Waals surface area contributed by atoms with Gasteiger partial charge in [0.25, 0.3) is 0 Å². The highest BCUT2D eigenvalue weighted by Gasteiger charge is 2.20. The number of carbonyl (C=O) groups is 2. The zero-order valence-electron chi connectivity index (χ0n) is 17.2. The van der Waals surface area contributed by atoms with Crippen molar-refractivity contribution in [1.29, 1.82) is 0 Å². The summed E-state index contributed by atoms with van der Waals surface area (Å²) in [6.45, 7) is 10.4. The minimum absolute atomic E-state index is 0.0681. The van der Waals surface area contributed by atoms with Gasteiger partial charge in [-0.15, -0.1) is 0 Å². The number of nitrogens with zero attached hydrogens (tertiary/aromatic N) is 2. The molecule has 1 aromatic carbocycles. The van der Waals surface area contributed by atoms with Crippen molar-refractivity contribution in [3.8, 4) is 0 Å². The van der Waals surface area contributed by atoms with Gasteiger partial charge in [-0.2, -0.15) is 0 Å². The first kappa shape index (κ1) is 21.8. The van der Waals surface area contributed by atoms with Gasteiger partial charge in [0.05, 0.1) is 0 Å². The van der Waals surface area contributed by atoms with E-state index >= 15 is 0 Å². The number of hydrogen-bond acceptors (Lipinski definition) is 3. The SMILES string of the molecule is CCC(=O)N(Cc1cc(NC(=O)NC(C)C)ccc1N(C)C)[C@H](C)CC. The molecule has 6 heteroatoms. The van der Waals surface area contributed by atoms with Gasteiger partial charge < -0.3 is 20.4 Å². The van der Waals surface area contributed by atoms with Crippen LogP contribution in [-0.4, -0.2) is 43.0 Å². The van der Waals surface area contributed by atoms with Gasteiger partial charge in [-0.3, -0.25) is 4.79 Å². The van der Waals surface area contributed by atoms with E-state index in [0.29, 0.717) is 13.0 Å². The van der Waals surface area contributed by atoms with Gasteiger partial charge >= 0.3 is 6.03 Å². The first-order chi connectivity index (χ1) is 12.2. The Morgan fingerprint density at radius 1 is 1.12 bits per heavy atom. The Hall–Kier alpha value is -2.24. The van der Waals surface area contributed by atoms with Crippen molar-refractivity contribution in [3.05, 3.63) is 23.8 Å². The number of anilines is 2. The normalized spacial score (nSPS) is 11.8. The molecule has 0 saturated carbocycles. The van der Waals surface area contributed by atoms with Crippen molar-refractivity contribution in [2.45, 2.75) is 66.1 Å². The van der Waals surface area contributed by atoms with Crippen LogP contribution in [0.4, 0.5) is 16.2 Å². The molecular weight excluding hydrogens is 328 g/mol. The average molecular weight is 363 g/mol. The second-order valence-electron chi connectivity index (χ2n) is 7.12. The Morgan fingerprint density at radius 2 is 1.77 bits per heavy atom. The molecule has 0 unspecified atom stereocenters. The van der Waals surface area contributed by atoms with E-state index in [1.165, 1.54) is 0 Å². The summed E-state index contributed by atoms with van der Waals surface area (Å²) in [7, 11) is 3.96. The van der Waals surface area contributed by atoms with Gasteiger partial charge in [-0.05, 0) is 51.0 Å². The van der Waals surface area contributed by atoms with E-state index in [0.717, 1.165) is 23.4 Å². The van der Waals surface area contributed by atoms with Crippen molar-refractivity contribution in [1.82, 2.24) is 10.2 Å². The Morgan fingerprint density at radius 3 is 2.27 bits per heavy atom. The number of amides is 3. The summed E-state index contributed by atoms with van der Waals surface area (Å²) in [6, 6.07) is 5.82. The highest BCUT2D eigenvalue weighted by molar-refractivity contribution is 5.90. The predicted octanol–water partition coefficient (Wildman–Crippen LogP) is 3.82. The van der Waals surface area contributed by atoms with Gasteiger partial charge in [-0.25, -0.2) is 4.79 Å². The molecule has 1 atom stereocenters. The van der Waals surface area contributed by atoms with Crippen LogP contribution in [0.5, 0.6) is 0 Å². The largest absolute Gasteiger partial charge is 0.377 e. The molecular formula is C20H34N4O2. The van der Waals surface area contributed by atoms with Crippen molar-refractivity contribution in [2.75, 3.05) is 24.3 Å². The lowest BCUT2D eigenvalue weighted by atomic mass is 10.1. The first-order valence-electron chi connectivity index (χ1n) is 9.36. The minimum Gasteiger partial charge on any atom is -0.377 e. The third-order valence-electron chi connectivity index (χ3n) is 4.33. The van der Waals surface area contributed by atoms with Crippen LogP contribution in [0.1, 0.15) is 53.0 Å². The van der Waals surface area contributed by atoms with E-state index in [9.17, 15) is 9.59 Å². The second kappa shape index (κ2) is 10.0. The van der Waals surface area contributed by atoms with E-state index in [2.05, 4.69) is 24.5 Å². The Labute approximate surface area is 157 Å². The number of nitrogens with one attached hydrogen (secondary N) is 2. The van der Waals surface area contributed by atoms with E-state index in [1.54, 1.807) is 0 Å². The molecule has 146 valence electrons. The molecule has 0 bridgehead atoms. The van der Waals surface area contributed by atoms with E-state index in [4.69, 9.17) is 0 Å². The summed E-state index contributed by atoms with van der Waals surface area (Å²) < 4.78 is 0. The number of benzene rings is 1. The van der Waals surface area contributed by atoms with Crippen LogP contribution >= 0.6 is 0 Å². The molecule has 0 radical (unpaired) electrons. The third-order valence-corrected chi connectivity index (χ3v) is 4.33. The molecule has 1 rings (SSSR count). The Kier molecular flexibility index (Phi) is 8.42. The molecule has 0 heterocycles. The van der Waals surface area contributed by atoms with Crippen LogP contribution in [-0.2, 0) is 11.3 Å².